The summed E-state index contributed by atoms with van der Waals surface area (Å²) in [5.74, 6) is 1.99. The molecule has 1 aliphatic rings. The Kier molecular flexibility index (Phi) is 7.60. The highest BCUT2D eigenvalue weighted by Gasteiger charge is 2.28. The Bertz CT molecular complexity index is 959. The van der Waals surface area contributed by atoms with Gasteiger partial charge in [-0.2, -0.15) is 21.5 Å². The molecule has 162 valence electrons. The van der Waals surface area contributed by atoms with Gasteiger partial charge in [0.1, 0.15) is 5.60 Å². The molecule has 0 aliphatic carbocycles. The van der Waals surface area contributed by atoms with E-state index in [-0.39, 0.29) is 0 Å². The van der Waals surface area contributed by atoms with Gasteiger partial charge in [-0.3, -0.25) is 0 Å². The van der Waals surface area contributed by atoms with Crippen molar-refractivity contribution >= 4 is 58.5 Å². The molecule has 2 heterocycles. The zero-order chi connectivity index (χ0) is 21.9. The number of ether oxygens (including phenoxy) is 1. The first-order valence-electron chi connectivity index (χ1n) is 9.28. The molecule has 1 aromatic carbocycles. The SMILES string of the molecule is CSCCC(NC(=O)OC(C)(C)C)c1nnc2n1N=C(c1ccc(Cl)cc1Cl)CS2. The van der Waals surface area contributed by atoms with E-state index in [4.69, 9.17) is 33.0 Å². The summed E-state index contributed by atoms with van der Waals surface area (Å²) in [6.45, 7) is 5.47. The molecular formula is C19H23Cl2N5O2S2. The van der Waals surface area contributed by atoms with Gasteiger partial charge in [-0.15, -0.1) is 10.2 Å². The first-order chi connectivity index (χ1) is 14.2. The molecule has 0 radical (unpaired) electrons. The smallest absolute Gasteiger partial charge is 0.408 e. The Morgan fingerprint density at radius 1 is 1.37 bits per heavy atom. The first-order valence-corrected chi connectivity index (χ1v) is 12.4. The van der Waals surface area contributed by atoms with E-state index in [9.17, 15) is 4.79 Å². The maximum Gasteiger partial charge on any atom is 0.408 e. The Morgan fingerprint density at radius 3 is 2.80 bits per heavy atom. The number of benzene rings is 1. The molecule has 11 heteroatoms. The Balaban J connectivity index is 1.92. The molecule has 1 aliphatic heterocycles. The third-order valence-corrected chi connectivity index (χ3v) is 6.17. The van der Waals surface area contributed by atoms with Crippen LogP contribution in [0.2, 0.25) is 10.0 Å². The van der Waals surface area contributed by atoms with E-state index in [1.165, 1.54) is 11.8 Å². The summed E-state index contributed by atoms with van der Waals surface area (Å²) in [4.78, 5) is 12.4. The summed E-state index contributed by atoms with van der Waals surface area (Å²) in [7, 11) is 0. The number of hydrogen-bond acceptors (Lipinski definition) is 7. The summed E-state index contributed by atoms with van der Waals surface area (Å²) >= 11 is 15.6. The van der Waals surface area contributed by atoms with Crippen molar-refractivity contribution in [1.29, 1.82) is 0 Å². The zero-order valence-corrected chi connectivity index (χ0v) is 20.3. The van der Waals surface area contributed by atoms with Gasteiger partial charge >= 0.3 is 6.09 Å². The van der Waals surface area contributed by atoms with Gasteiger partial charge in [-0.1, -0.05) is 41.0 Å². The van der Waals surface area contributed by atoms with Gasteiger partial charge in [-0.25, -0.2) is 4.79 Å². The minimum atomic E-state index is -0.592. The minimum absolute atomic E-state index is 0.391. The lowest BCUT2D eigenvalue weighted by atomic mass is 10.1. The molecule has 1 N–H and O–H groups in total. The fourth-order valence-corrected chi connectivity index (χ4v) is 4.59. The number of nitrogens with one attached hydrogen (secondary N) is 1. The van der Waals surface area contributed by atoms with Crippen LogP contribution in [0.25, 0.3) is 0 Å². The van der Waals surface area contributed by atoms with Crippen LogP contribution in [0.15, 0.2) is 28.5 Å². The van der Waals surface area contributed by atoms with Gasteiger partial charge in [0.05, 0.1) is 16.8 Å². The number of hydrogen-bond donors (Lipinski definition) is 1. The van der Waals surface area contributed by atoms with E-state index in [0.29, 0.717) is 33.2 Å². The average molecular weight is 488 g/mol. The first kappa shape index (κ1) is 23.2. The number of nitrogens with zero attached hydrogens (tertiary/aromatic N) is 4. The highest BCUT2D eigenvalue weighted by atomic mass is 35.5. The van der Waals surface area contributed by atoms with Gasteiger partial charge in [-0.05, 0) is 51.3 Å². The molecule has 1 amide bonds. The van der Waals surface area contributed by atoms with Crippen LogP contribution in [0, 0.1) is 0 Å². The second kappa shape index (κ2) is 9.80. The van der Waals surface area contributed by atoms with Gasteiger partial charge in [0, 0.05) is 16.3 Å². The zero-order valence-electron chi connectivity index (χ0n) is 17.1. The van der Waals surface area contributed by atoms with E-state index in [1.807, 2.05) is 33.1 Å². The number of amides is 1. The van der Waals surface area contributed by atoms with Gasteiger partial charge in [0.2, 0.25) is 5.16 Å². The maximum atomic E-state index is 12.4. The number of fused-ring (bicyclic) bond motifs is 1. The third-order valence-electron chi connectivity index (χ3n) is 4.05. The van der Waals surface area contributed by atoms with Crippen LogP contribution < -0.4 is 5.32 Å². The molecule has 1 unspecified atom stereocenters. The molecule has 0 spiro atoms. The van der Waals surface area contributed by atoms with Crippen LogP contribution in [0.1, 0.15) is 44.6 Å². The second-order valence-electron chi connectivity index (χ2n) is 7.59. The predicted molar refractivity (Wildman–Crippen MR) is 124 cm³/mol. The van der Waals surface area contributed by atoms with E-state index in [1.54, 1.807) is 28.6 Å². The Labute approximate surface area is 194 Å². The van der Waals surface area contributed by atoms with E-state index in [2.05, 4.69) is 15.5 Å². The van der Waals surface area contributed by atoms with Crippen molar-refractivity contribution in [2.24, 2.45) is 5.10 Å². The summed E-state index contributed by atoms with van der Waals surface area (Å²) in [6, 6.07) is 4.94. The van der Waals surface area contributed by atoms with Gasteiger partial charge in [0.25, 0.3) is 0 Å². The topological polar surface area (TPSA) is 81.4 Å². The summed E-state index contributed by atoms with van der Waals surface area (Å²) in [5, 5.41) is 18.0. The maximum absolute atomic E-state index is 12.4. The van der Waals surface area contributed by atoms with Crippen LogP contribution in [0.4, 0.5) is 4.79 Å². The fraction of sp³-hybridized carbons (Fsp3) is 0.474. The molecule has 2 aromatic rings. The molecule has 7 nitrogen and oxygen atoms in total. The lowest BCUT2D eigenvalue weighted by molar-refractivity contribution is 0.0499. The van der Waals surface area contributed by atoms with Crippen LogP contribution >= 0.6 is 46.7 Å². The van der Waals surface area contributed by atoms with E-state index in [0.717, 1.165) is 17.0 Å². The molecule has 0 bridgehead atoms. The molecule has 3 rings (SSSR count). The monoisotopic (exact) mass is 487 g/mol. The highest BCUT2D eigenvalue weighted by molar-refractivity contribution is 7.99. The van der Waals surface area contributed by atoms with Crippen molar-refractivity contribution in [2.75, 3.05) is 17.8 Å². The Hall–Kier alpha value is -1.42. The average Bonchev–Trinajstić information content (AvgIpc) is 3.06. The van der Waals surface area contributed by atoms with Crippen LogP contribution in [-0.4, -0.2) is 50.0 Å². The number of carbonyl (C=O) groups is 1. The van der Waals surface area contributed by atoms with Crippen molar-refractivity contribution in [1.82, 2.24) is 20.2 Å². The van der Waals surface area contributed by atoms with Crippen molar-refractivity contribution < 1.29 is 9.53 Å². The summed E-state index contributed by atoms with van der Waals surface area (Å²) in [6.07, 6.45) is 2.17. The molecule has 30 heavy (non-hydrogen) atoms. The molecule has 0 fully saturated rings. The lowest BCUT2D eigenvalue weighted by Gasteiger charge is -2.23. The van der Waals surface area contributed by atoms with E-state index >= 15 is 0 Å². The number of thioether (sulfide) groups is 2. The number of rotatable bonds is 6. The molecule has 1 atom stereocenters. The fourth-order valence-electron chi connectivity index (χ4n) is 2.77. The standard InChI is InChI=1S/C19H23Cl2N5O2S2/c1-19(2,3)28-18(27)22-14(7-8-29-4)16-23-24-17-26(16)25-15(10-30-17)12-6-5-11(20)9-13(12)21/h5-6,9,14H,7-8,10H2,1-4H3,(H,22,27). The summed E-state index contributed by atoms with van der Waals surface area (Å²) < 4.78 is 7.10. The number of aromatic nitrogens is 3. The van der Waals surface area contributed by atoms with Crippen molar-refractivity contribution in [3.8, 4) is 0 Å². The van der Waals surface area contributed by atoms with Gasteiger partial charge < -0.3 is 10.1 Å². The number of alkyl carbamates (subject to hydrolysis) is 1. The largest absolute Gasteiger partial charge is 0.444 e. The molecule has 0 saturated heterocycles. The van der Waals surface area contributed by atoms with Crippen LogP contribution in [0.5, 0.6) is 0 Å². The Morgan fingerprint density at radius 2 is 2.13 bits per heavy atom. The number of carbonyl (C=O) groups excluding carboxylic acids is 1. The van der Waals surface area contributed by atoms with Crippen molar-refractivity contribution in [2.45, 2.75) is 44.0 Å². The second-order valence-corrected chi connectivity index (χ2v) is 10.4. The molecule has 1 aromatic heterocycles. The van der Waals surface area contributed by atoms with Gasteiger partial charge in [0.15, 0.2) is 5.82 Å². The number of halogens is 2. The molecule has 0 saturated carbocycles. The van der Waals surface area contributed by atoms with Crippen LogP contribution in [-0.2, 0) is 4.74 Å². The van der Waals surface area contributed by atoms with Crippen molar-refractivity contribution in [3.05, 3.63) is 39.6 Å². The predicted octanol–water partition coefficient (Wildman–Crippen LogP) is 5.26. The normalized spacial score (nSPS) is 14.7. The summed E-state index contributed by atoms with van der Waals surface area (Å²) in [5.41, 5.74) is 1.00. The van der Waals surface area contributed by atoms with Crippen molar-refractivity contribution in [3.63, 3.8) is 0 Å². The minimum Gasteiger partial charge on any atom is -0.444 e. The van der Waals surface area contributed by atoms with E-state index < -0.39 is 17.7 Å². The third kappa shape index (κ3) is 5.84. The molecular weight excluding hydrogens is 465 g/mol. The van der Waals surface area contributed by atoms with Crippen LogP contribution in [0.3, 0.4) is 0 Å². The highest BCUT2D eigenvalue weighted by Crippen LogP contribution is 2.30. The quantitative estimate of drug-likeness (QED) is 0.597. The lowest BCUT2D eigenvalue weighted by Crippen LogP contribution is -2.36.